The number of nitrogens with zero attached hydrogens (tertiary/aromatic N) is 1. The SMILES string of the molecule is COC(C)(C)CC(C)N1CCC(C(C)N)C1. The molecule has 3 atom stereocenters. The highest BCUT2D eigenvalue weighted by atomic mass is 16.5. The fraction of sp³-hybridized carbons (Fsp3) is 1.00. The van der Waals surface area contributed by atoms with E-state index in [0.29, 0.717) is 18.0 Å². The molecule has 1 rings (SSSR count). The van der Waals surface area contributed by atoms with Gasteiger partial charge in [0.05, 0.1) is 5.60 Å². The highest BCUT2D eigenvalue weighted by molar-refractivity contribution is 4.86. The van der Waals surface area contributed by atoms with Crippen molar-refractivity contribution in [3.05, 3.63) is 0 Å². The second-order valence-corrected chi connectivity index (χ2v) is 5.92. The summed E-state index contributed by atoms with van der Waals surface area (Å²) in [5.74, 6) is 0.674. The van der Waals surface area contributed by atoms with Gasteiger partial charge in [0.25, 0.3) is 0 Å². The summed E-state index contributed by atoms with van der Waals surface area (Å²) >= 11 is 0. The summed E-state index contributed by atoms with van der Waals surface area (Å²) in [6.45, 7) is 11.1. The Hall–Kier alpha value is -0.120. The fourth-order valence-corrected chi connectivity index (χ4v) is 2.57. The minimum absolute atomic E-state index is 0.0220. The minimum Gasteiger partial charge on any atom is -0.379 e. The number of ether oxygens (including phenoxy) is 1. The smallest absolute Gasteiger partial charge is 0.0637 e. The lowest BCUT2D eigenvalue weighted by atomic mass is 9.98. The Morgan fingerprint density at radius 1 is 1.44 bits per heavy atom. The molecule has 1 aliphatic heterocycles. The summed E-state index contributed by atoms with van der Waals surface area (Å²) in [6, 6.07) is 0.909. The first-order valence-electron chi connectivity index (χ1n) is 6.40. The van der Waals surface area contributed by atoms with E-state index in [4.69, 9.17) is 10.5 Å². The third kappa shape index (κ3) is 3.72. The first-order valence-corrected chi connectivity index (χ1v) is 6.40. The van der Waals surface area contributed by atoms with Crippen LogP contribution >= 0.6 is 0 Å². The van der Waals surface area contributed by atoms with Crippen LogP contribution in [0, 0.1) is 5.92 Å². The van der Waals surface area contributed by atoms with Crippen molar-refractivity contribution in [2.75, 3.05) is 20.2 Å². The molecule has 0 aliphatic carbocycles. The van der Waals surface area contributed by atoms with Crippen LogP contribution in [0.5, 0.6) is 0 Å². The van der Waals surface area contributed by atoms with Gasteiger partial charge < -0.3 is 15.4 Å². The highest BCUT2D eigenvalue weighted by Crippen LogP contribution is 2.25. The van der Waals surface area contributed by atoms with Gasteiger partial charge in [0, 0.05) is 25.7 Å². The molecule has 0 spiro atoms. The van der Waals surface area contributed by atoms with Crippen LogP contribution in [0.3, 0.4) is 0 Å². The molecule has 1 heterocycles. The van der Waals surface area contributed by atoms with Crippen molar-refractivity contribution in [2.45, 2.75) is 58.2 Å². The number of hydrogen-bond acceptors (Lipinski definition) is 3. The zero-order valence-electron chi connectivity index (χ0n) is 11.5. The van der Waals surface area contributed by atoms with Gasteiger partial charge in [-0.1, -0.05) is 0 Å². The molecule has 0 aromatic rings. The molecular formula is C13H28N2O. The first-order chi connectivity index (χ1) is 7.35. The zero-order chi connectivity index (χ0) is 12.3. The molecule has 0 aromatic carbocycles. The molecule has 0 aromatic heterocycles. The van der Waals surface area contributed by atoms with E-state index in [1.165, 1.54) is 13.0 Å². The van der Waals surface area contributed by atoms with Gasteiger partial charge >= 0.3 is 0 Å². The molecule has 3 nitrogen and oxygen atoms in total. The summed E-state index contributed by atoms with van der Waals surface area (Å²) in [5, 5.41) is 0. The molecule has 96 valence electrons. The van der Waals surface area contributed by atoms with E-state index in [1.54, 1.807) is 7.11 Å². The molecule has 0 saturated carbocycles. The van der Waals surface area contributed by atoms with Gasteiger partial charge in [0.1, 0.15) is 0 Å². The number of nitrogens with two attached hydrogens (primary N) is 1. The summed E-state index contributed by atoms with van der Waals surface area (Å²) < 4.78 is 5.49. The number of hydrogen-bond donors (Lipinski definition) is 1. The van der Waals surface area contributed by atoms with Crippen LogP contribution in [0.4, 0.5) is 0 Å². The van der Waals surface area contributed by atoms with Crippen molar-refractivity contribution in [3.8, 4) is 0 Å². The minimum atomic E-state index is -0.0220. The van der Waals surface area contributed by atoms with Gasteiger partial charge in [-0.05, 0) is 53.0 Å². The summed E-state index contributed by atoms with van der Waals surface area (Å²) in [7, 11) is 1.79. The van der Waals surface area contributed by atoms with Crippen molar-refractivity contribution in [2.24, 2.45) is 11.7 Å². The van der Waals surface area contributed by atoms with E-state index in [1.807, 2.05) is 0 Å². The standard InChI is InChI=1S/C13H28N2O/c1-10(8-13(3,4)16-5)15-7-6-12(9-15)11(2)14/h10-12H,6-9,14H2,1-5H3. The fourth-order valence-electron chi connectivity index (χ4n) is 2.57. The van der Waals surface area contributed by atoms with Crippen LogP contribution in [0.2, 0.25) is 0 Å². The van der Waals surface area contributed by atoms with Gasteiger partial charge in [-0.25, -0.2) is 0 Å². The van der Waals surface area contributed by atoms with Gasteiger partial charge in [0.15, 0.2) is 0 Å². The number of rotatable bonds is 5. The first kappa shape index (κ1) is 13.9. The second kappa shape index (κ2) is 5.48. The summed E-state index contributed by atoms with van der Waals surface area (Å²) in [4.78, 5) is 2.55. The zero-order valence-corrected chi connectivity index (χ0v) is 11.5. The van der Waals surface area contributed by atoms with Crippen molar-refractivity contribution < 1.29 is 4.74 Å². The Kier molecular flexibility index (Phi) is 4.77. The predicted molar refractivity (Wildman–Crippen MR) is 68.5 cm³/mol. The normalized spacial score (nSPS) is 27.0. The van der Waals surface area contributed by atoms with Crippen molar-refractivity contribution in [1.82, 2.24) is 4.90 Å². The molecule has 1 saturated heterocycles. The topological polar surface area (TPSA) is 38.5 Å². The maximum absolute atomic E-state index is 5.96. The van der Waals surface area contributed by atoms with Crippen LogP contribution in [0.25, 0.3) is 0 Å². The van der Waals surface area contributed by atoms with E-state index in [2.05, 4.69) is 32.6 Å². The second-order valence-electron chi connectivity index (χ2n) is 5.92. The van der Waals surface area contributed by atoms with Crippen LogP contribution in [-0.4, -0.2) is 42.8 Å². The maximum Gasteiger partial charge on any atom is 0.0637 e. The molecule has 0 radical (unpaired) electrons. The Bertz CT molecular complexity index is 216. The lowest BCUT2D eigenvalue weighted by molar-refractivity contribution is -0.00383. The van der Waals surface area contributed by atoms with Gasteiger partial charge in [-0.15, -0.1) is 0 Å². The monoisotopic (exact) mass is 228 g/mol. The predicted octanol–water partition coefficient (Wildman–Crippen LogP) is 1.86. The molecule has 0 bridgehead atoms. The Morgan fingerprint density at radius 2 is 2.06 bits per heavy atom. The van der Waals surface area contributed by atoms with Gasteiger partial charge in [-0.3, -0.25) is 0 Å². The van der Waals surface area contributed by atoms with Crippen molar-refractivity contribution >= 4 is 0 Å². The van der Waals surface area contributed by atoms with Crippen molar-refractivity contribution in [1.29, 1.82) is 0 Å². The molecule has 2 N–H and O–H groups in total. The summed E-state index contributed by atoms with van der Waals surface area (Å²) in [5.41, 5.74) is 5.94. The Morgan fingerprint density at radius 3 is 2.50 bits per heavy atom. The molecule has 16 heavy (non-hydrogen) atoms. The van der Waals surface area contributed by atoms with Crippen LogP contribution in [0.15, 0.2) is 0 Å². The van der Waals surface area contributed by atoms with E-state index < -0.39 is 0 Å². The van der Waals surface area contributed by atoms with E-state index in [9.17, 15) is 0 Å². The molecule has 0 amide bonds. The highest BCUT2D eigenvalue weighted by Gasteiger charge is 2.31. The molecule has 1 aliphatic rings. The third-order valence-corrected chi connectivity index (χ3v) is 3.96. The average Bonchev–Trinajstić information content (AvgIpc) is 2.66. The third-order valence-electron chi connectivity index (χ3n) is 3.96. The number of methoxy groups -OCH3 is 1. The lowest BCUT2D eigenvalue weighted by Crippen LogP contribution is -2.39. The van der Waals surface area contributed by atoms with Gasteiger partial charge in [-0.2, -0.15) is 0 Å². The van der Waals surface area contributed by atoms with E-state index in [-0.39, 0.29) is 5.60 Å². The van der Waals surface area contributed by atoms with Crippen LogP contribution in [0.1, 0.15) is 40.5 Å². The lowest BCUT2D eigenvalue weighted by Gasteiger charge is -2.32. The van der Waals surface area contributed by atoms with Crippen molar-refractivity contribution in [3.63, 3.8) is 0 Å². The molecule has 1 fully saturated rings. The average molecular weight is 228 g/mol. The molecular weight excluding hydrogens is 200 g/mol. The maximum atomic E-state index is 5.96. The van der Waals surface area contributed by atoms with Crippen LogP contribution < -0.4 is 5.73 Å². The Balaban J connectivity index is 2.42. The summed E-state index contributed by atoms with van der Waals surface area (Å²) in [6.07, 6.45) is 2.32. The largest absolute Gasteiger partial charge is 0.379 e. The van der Waals surface area contributed by atoms with E-state index >= 15 is 0 Å². The van der Waals surface area contributed by atoms with E-state index in [0.717, 1.165) is 13.0 Å². The van der Waals surface area contributed by atoms with Crippen LogP contribution in [-0.2, 0) is 4.74 Å². The van der Waals surface area contributed by atoms with Gasteiger partial charge in [0.2, 0.25) is 0 Å². The quantitative estimate of drug-likeness (QED) is 0.780. The number of likely N-dealkylation sites (tertiary alicyclic amines) is 1. The Labute approximate surface area is 100 Å². The molecule has 3 heteroatoms. The molecule has 3 unspecified atom stereocenters.